The van der Waals surface area contributed by atoms with Gasteiger partial charge in [-0.05, 0) is 56.9 Å². The van der Waals surface area contributed by atoms with Crippen molar-refractivity contribution in [3.05, 3.63) is 77.0 Å². The fourth-order valence-electron chi connectivity index (χ4n) is 4.00. The van der Waals surface area contributed by atoms with Crippen molar-refractivity contribution in [1.29, 1.82) is 0 Å². The molecule has 1 unspecified atom stereocenters. The van der Waals surface area contributed by atoms with Crippen LogP contribution >= 0.6 is 0 Å². The van der Waals surface area contributed by atoms with Gasteiger partial charge in [-0.1, -0.05) is 55.8 Å². The molecule has 1 atom stereocenters. The maximum atomic E-state index is 13.0. The normalized spacial score (nSPS) is 15.8. The van der Waals surface area contributed by atoms with E-state index in [0.717, 1.165) is 37.2 Å². The Morgan fingerprint density at radius 2 is 1.76 bits per heavy atom. The van der Waals surface area contributed by atoms with Gasteiger partial charge in [0.15, 0.2) is 0 Å². The standard InChI is InChI=1S/C27H35N3O3/c1-5-7-13-23-24(26(31)33-19(3)4)25(29-27(32)28-23)21-14-16-22(17-15-21)30(6-2)18-20-11-9-8-10-12-20/h8-12,14-17,19,25H,5-7,13,18H2,1-4H3,(H2,28,29,32). The molecule has 0 aromatic heterocycles. The van der Waals surface area contributed by atoms with Crippen LogP contribution in [0.1, 0.15) is 64.1 Å². The highest BCUT2D eigenvalue weighted by Crippen LogP contribution is 2.31. The molecule has 0 bridgehead atoms. The number of nitrogens with zero attached hydrogens (tertiary/aromatic N) is 1. The maximum Gasteiger partial charge on any atom is 0.338 e. The summed E-state index contributed by atoms with van der Waals surface area (Å²) in [4.78, 5) is 27.7. The van der Waals surface area contributed by atoms with Crippen LogP contribution in [0.5, 0.6) is 0 Å². The second kappa shape index (κ2) is 11.5. The molecule has 0 spiro atoms. The summed E-state index contributed by atoms with van der Waals surface area (Å²) in [5, 5.41) is 5.77. The number of hydrogen-bond acceptors (Lipinski definition) is 4. The van der Waals surface area contributed by atoms with Crippen molar-refractivity contribution in [2.75, 3.05) is 11.4 Å². The van der Waals surface area contributed by atoms with E-state index in [1.807, 2.05) is 56.3 Å². The zero-order valence-electron chi connectivity index (χ0n) is 20.1. The van der Waals surface area contributed by atoms with Gasteiger partial charge in [-0.25, -0.2) is 9.59 Å². The topological polar surface area (TPSA) is 70.7 Å². The Morgan fingerprint density at radius 3 is 2.36 bits per heavy atom. The largest absolute Gasteiger partial charge is 0.459 e. The molecule has 1 heterocycles. The number of ether oxygens (including phenoxy) is 1. The highest BCUT2D eigenvalue weighted by atomic mass is 16.5. The second-order valence-electron chi connectivity index (χ2n) is 8.57. The maximum absolute atomic E-state index is 13.0. The van der Waals surface area contributed by atoms with Gasteiger partial charge >= 0.3 is 12.0 Å². The van der Waals surface area contributed by atoms with Crippen molar-refractivity contribution < 1.29 is 14.3 Å². The smallest absolute Gasteiger partial charge is 0.338 e. The molecule has 6 nitrogen and oxygen atoms in total. The molecule has 2 aromatic carbocycles. The molecule has 0 aliphatic carbocycles. The molecule has 2 N–H and O–H groups in total. The fourth-order valence-corrected chi connectivity index (χ4v) is 4.00. The second-order valence-corrected chi connectivity index (χ2v) is 8.57. The molecule has 2 aromatic rings. The van der Waals surface area contributed by atoms with Crippen LogP contribution in [0, 0.1) is 0 Å². The molecule has 1 aliphatic heterocycles. The zero-order chi connectivity index (χ0) is 23.8. The third kappa shape index (κ3) is 6.37. The number of anilines is 1. The van der Waals surface area contributed by atoms with Gasteiger partial charge in [-0.2, -0.15) is 0 Å². The van der Waals surface area contributed by atoms with Crippen molar-refractivity contribution in [2.45, 2.75) is 65.6 Å². The number of unbranched alkanes of at least 4 members (excludes halogenated alkanes) is 1. The first-order valence-corrected chi connectivity index (χ1v) is 11.8. The van der Waals surface area contributed by atoms with Crippen LogP contribution in [0.4, 0.5) is 10.5 Å². The van der Waals surface area contributed by atoms with Crippen LogP contribution in [-0.2, 0) is 16.1 Å². The Balaban J connectivity index is 1.90. The minimum Gasteiger partial charge on any atom is -0.459 e. The Morgan fingerprint density at radius 1 is 1.06 bits per heavy atom. The van der Waals surface area contributed by atoms with E-state index in [9.17, 15) is 9.59 Å². The summed E-state index contributed by atoms with van der Waals surface area (Å²) in [6.45, 7) is 9.55. The number of carbonyl (C=O) groups is 2. The molecule has 6 heteroatoms. The number of benzene rings is 2. The first kappa shape index (κ1) is 24.4. The van der Waals surface area contributed by atoms with E-state index in [1.54, 1.807) is 0 Å². The third-order valence-corrected chi connectivity index (χ3v) is 5.69. The summed E-state index contributed by atoms with van der Waals surface area (Å²) in [5.74, 6) is -0.392. The number of esters is 1. The van der Waals surface area contributed by atoms with Crippen LogP contribution in [0.3, 0.4) is 0 Å². The van der Waals surface area contributed by atoms with Gasteiger partial charge in [0.2, 0.25) is 0 Å². The number of amides is 2. The lowest BCUT2D eigenvalue weighted by Crippen LogP contribution is -2.46. The average Bonchev–Trinajstić information content (AvgIpc) is 2.81. The first-order valence-electron chi connectivity index (χ1n) is 11.8. The number of allylic oxidation sites excluding steroid dienone is 1. The first-order chi connectivity index (χ1) is 15.9. The lowest BCUT2D eigenvalue weighted by Gasteiger charge is -2.30. The summed E-state index contributed by atoms with van der Waals surface area (Å²) in [6, 6.07) is 17.6. The molecule has 176 valence electrons. The minimum atomic E-state index is -0.546. The van der Waals surface area contributed by atoms with Crippen LogP contribution in [0.2, 0.25) is 0 Å². The molecule has 33 heavy (non-hydrogen) atoms. The van der Waals surface area contributed by atoms with Gasteiger partial charge < -0.3 is 20.3 Å². The Kier molecular flexibility index (Phi) is 8.52. The van der Waals surface area contributed by atoms with Gasteiger partial charge in [0.1, 0.15) is 0 Å². The van der Waals surface area contributed by atoms with Crippen molar-refractivity contribution in [3.8, 4) is 0 Å². The summed E-state index contributed by atoms with van der Waals surface area (Å²) >= 11 is 0. The van der Waals surface area contributed by atoms with E-state index in [1.165, 1.54) is 5.56 Å². The van der Waals surface area contributed by atoms with Gasteiger partial charge in [0.05, 0.1) is 17.7 Å². The van der Waals surface area contributed by atoms with Crippen LogP contribution in [0.15, 0.2) is 65.9 Å². The van der Waals surface area contributed by atoms with Gasteiger partial charge in [-0.3, -0.25) is 0 Å². The molecule has 2 amide bonds. The summed E-state index contributed by atoms with van der Waals surface area (Å²) < 4.78 is 5.54. The van der Waals surface area contributed by atoms with E-state index in [0.29, 0.717) is 17.7 Å². The van der Waals surface area contributed by atoms with E-state index in [4.69, 9.17) is 4.74 Å². The predicted octanol–water partition coefficient (Wildman–Crippen LogP) is 5.46. The molecule has 0 fully saturated rings. The van der Waals surface area contributed by atoms with Gasteiger partial charge in [-0.15, -0.1) is 0 Å². The van der Waals surface area contributed by atoms with Crippen molar-refractivity contribution >= 4 is 17.7 Å². The quantitative estimate of drug-likeness (QED) is 0.472. The summed E-state index contributed by atoms with van der Waals surface area (Å²) in [6.07, 6.45) is 2.23. The van der Waals surface area contributed by atoms with Gasteiger partial charge in [0, 0.05) is 24.5 Å². The highest BCUT2D eigenvalue weighted by Gasteiger charge is 2.33. The van der Waals surface area contributed by atoms with E-state index in [2.05, 4.69) is 41.5 Å². The van der Waals surface area contributed by atoms with Gasteiger partial charge in [0.25, 0.3) is 0 Å². The SMILES string of the molecule is CCCCC1=C(C(=O)OC(C)C)C(c2ccc(N(CC)Cc3ccccc3)cc2)NC(=O)N1. The summed E-state index contributed by atoms with van der Waals surface area (Å²) in [7, 11) is 0. The fraction of sp³-hybridized carbons (Fsp3) is 0.407. The third-order valence-electron chi connectivity index (χ3n) is 5.69. The molecule has 0 radical (unpaired) electrons. The number of nitrogens with one attached hydrogen (secondary N) is 2. The molecule has 0 saturated carbocycles. The number of rotatable bonds is 10. The van der Waals surface area contributed by atoms with E-state index < -0.39 is 12.0 Å². The number of urea groups is 1. The average molecular weight is 450 g/mol. The van der Waals surface area contributed by atoms with E-state index in [-0.39, 0.29) is 12.1 Å². The number of hydrogen-bond donors (Lipinski definition) is 2. The van der Waals surface area contributed by atoms with Crippen molar-refractivity contribution in [3.63, 3.8) is 0 Å². The molecular weight excluding hydrogens is 414 g/mol. The lowest BCUT2D eigenvalue weighted by atomic mass is 9.93. The Labute approximate surface area is 197 Å². The zero-order valence-corrected chi connectivity index (χ0v) is 20.1. The van der Waals surface area contributed by atoms with Crippen molar-refractivity contribution in [2.24, 2.45) is 0 Å². The Hall–Kier alpha value is -3.28. The predicted molar refractivity (Wildman–Crippen MR) is 132 cm³/mol. The van der Waals surface area contributed by atoms with Crippen molar-refractivity contribution in [1.82, 2.24) is 10.6 Å². The molecule has 1 aliphatic rings. The molecule has 0 saturated heterocycles. The van der Waals surface area contributed by atoms with Crippen LogP contribution in [0.25, 0.3) is 0 Å². The molecular formula is C27H35N3O3. The van der Waals surface area contributed by atoms with Crippen LogP contribution < -0.4 is 15.5 Å². The highest BCUT2D eigenvalue weighted by molar-refractivity contribution is 5.95. The minimum absolute atomic E-state index is 0.242. The lowest BCUT2D eigenvalue weighted by molar-refractivity contribution is -0.143. The monoisotopic (exact) mass is 449 g/mol. The molecule has 3 rings (SSSR count). The number of carbonyl (C=O) groups excluding carboxylic acids is 2. The Bertz CT molecular complexity index is 968. The van der Waals surface area contributed by atoms with E-state index >= 15 is 0 Å². The summed E-state index contributed by atoms with van der Waals surface area (Å²) in [5.41, 5.74) is 4.33. The van der Waals surface area contributed by atoms with Crippen LogP contribution in [-0.4, -0.2) is 24.6 Å².